The topological polar surface area (TPSA) is 105 Å². The average molecular weight is 540 g/mol. The first kappa shape index (κ1) is 25.2. The first-order valence-corrected chi connectivity index (χ1v) is 12.5. The van der Waals surface area contributed by atoms with Crippen molar-refractivity contribution in [2.75, 3.05) is 12.8 Å². The number of rotatable bonds is 6. The molecule has 40 heavy (non-hydrogen) atoms. The SMILES string of the molecule is COc1c(F)cccc1-c1nn(C(C)C2=C(c3cccc(F)c3)C(C=O)c3ccccc3O2)c2ncnc(N)c12. The Morgan fingerprint density at radius 1 is 1.07 bits per heavy atom. The summed E-state index contributed by atoms with van der Waals surface area (Å²) in [5.41, 5.74) is 8.97. The molecule has 3 heterocycles. The summed E-state index contributed by atoms with van der Waals surface area (Å²) in [4.78, 5) is 21.1. The van der Waals surface area contributed by atoms with Crippen molar-refractivity contribution < 1.29 is 23.0 Å². The van der Waals surface area contributed by atoms with Gasteiger partial charge in [-0.15, -0.1) is 0 Å². The summed E-state index contributed by atoms with van der Waals surface area (Å²) in [7, 11) is 1.37. The number of para-hydroxylation sites is 2. The number of carbonyl (C=O) groups is 1. The third-order valence-corrected chi connectivity index (χ3v) is 7.01. The highest BCUT2D eigenvalue weighted by Crippen LogP contribution is 2.47. The molecule has 2 N–H and O–H groups in total. The van der Waals surface area contributed by atoms with Crippen molar-refractivity contribution in [3.8, 4) is 22.8 Å². The van der Waals surface area contributed by atoms with Crippen molar-refractivity contribution in [3.63, 3.8) is 0 Å². The number of fused-ring (bicyclic) bond motifs is 2. The number of benzene rings is 3. The van der Waals surface area contributed by atoms with E-state index in [4.69, 9.17) is 20.3 Å². The van der Waals surface area contributed by atoms with Gasteiger partial charge < -0.3 is 20.0 Å². The van der Waals surface area contributed by atoms with E-state index in [1.54, 1.807) is 41.1 Å². The molecular weight excluding hydrogens is 516 g/mol. The Balaban J connectivity index is 1.62. The van der Waals surface area contributed by atoms with Gasteiger partial charge in [0.15, 0.2) is 17.2 Å². The van der Waals surface area contributed by atoms with Crippen molar-refractivity contribution in [2.45, 2.75) is 18.9 Å². The van der Waals surface area contributed by atoms with Gasteiger partial charge in [0.2, 0.25) is 0 Å². The fraction of sp³-hybridized carbons (Fsp3) is 0.133. The van der Waals surface area contributed by atoms with Crippen LogP contribution in [0.4, 0.5) is 14.6 Å². The molecular formula is C30H23F2N5O3. The quantitative estimate of drug-likeness (QED) is 0.276. The van der Waals surface area contributed by atoms with Crippen molar-refractivity contribution in [1.82, 2.24) is 19.7 Å². The molecule has 0 saturated carbocycles. The molecule has 0 fully saturated rings. The number of nitrogen functional groups attached to an aromatic ring is 1. The molecule has 0 spiro atoms. The predicted octanol–water partition coefficient (Wildman–Crippen LogP) is 5.71. The van der Waals surface area contributed by atoms with Gasteiger partial charge in [-0.25, -0.2) is 23.4 Å². The number of nitrogens with two attached hydrogens (primary N) is 1. The lowest BCUT2D eigenvalue weighted by molar-refractivity contribution is -0.108. The molecule has 2 unspecified atom stereocenters. The molecule has 1 aliphatic rings. The van der Waals surface area contributed by atoms with Gasteiger partial charge in [-0.1, -0.05) is 36.4 Å². The van der Waals surface area contributed by atoms with E-state index in [1.165, 1.54) is 31.6 Å². The molecule has 1 aliphatic heterocycles. The summed E-state index contributed by atoms with van der Waals surface area (Å²) >= 11 is 0. The van der Waals surface area contributed by atoms with E-state index in [1.807, 2.05) is 19.1 Å². The second-order valence-corrected chi connectivity index (χ2v) is 9.29. The second kappa shape index (κ2) is 9.88. The Morgan fingerprint density at radius 3 is 2.65 bits per heavy atom. The van der Waals surface area contributed by atoms with Crippen LogP contribution in [0.1, 0.15) is 30.0 Å². The summed E-state index contributed by atoms with van der Waals surface area (Å²) in [5, 5.41) is 5.21. The van der Waals surface area contributed by atoms with Crippen LogP contribution in [0.2, 0.25) is 0 Å². The fourth-order valence-corrected chi connectivity index (χ4v) is 5.21. The highest BCUT2D eigenvalue weighted by atomic mass is 19.1. The van der Waals surface area contributed by atoms with Crippen LogP contribution in [0.5, 0.6) is 11.5 Å². The van der Waals surface area contributed by atoms with E-state index in [9.17, 15) is 13.6 Å². The molecule has 8 nitrogen and oxygen atoms in total. The normalized spacial score (nSPS) is 15.4. The van der Waals surface area contributed by atoms with Crippen LogP contribution in [-0.2, 0) is 4.79 Å². The number of nitrogens with zero attached hydrogens (tertiary/aromatic N) is 4. The van der Waals surface area contributed by atoms with Gasteiger partial charge in [0.1, 0.15) is 47.5 Å². The molecule has 0 radical (unpaired) electrons. The molecule has 6 rings (SSSR count). The Labute approximate surface area is 227 Å². The lowest BCUT2D eigenvalue weighted by Crippen LogP contribution is -2.23. The van der Waals surface area contributed by atoms with E-state index in [2.05, 4.69) is 9.97 Å². The van der Waals surface area contributed by atoms with Gasteiger partial charge in [0.05, 0.1) is 18.4 Å². The molecule has 0 amide bonds. The number of halogens is 2. The third-order valence-electron chi connectivity index (χ3n) is 7.01. The first-order chi connectivity index (χ1) is 19.4. The lowest BCUT2D eigenvalue weighted by atomic mass is 9.83. The fourth-order valence-electron chi connectivity index (χ4n) is 5.21. The smallest absolute Gasteiger partial charge is 0.165 e. The Bertz CT molecular complexity index is 1820. The minimum Gasteiger partial charge on any atom is -0.493 e. The number of allylic oxidation sites excluding steroid dienone is 2. The number of carbonyl (C=O) groups excluding carboxylic acids is 1. The molecule has 0 aliphatic carbocycles. The zero-order valence-corrected chi connectivity index (χ0v) is 21.5. The highest BCUT2D eigenvalue weighted by molar-refractivity contribution is 5.99. The Morgan fingerprint density at radius 2 is 1.88 bits per heavy atom. The number of aldehydes is 1. The minimum atomic E-state index is -0.728. The number of anilines is 1. The molecule has 0 saturated heterocycles. The van der Waals surface area contributed by atoms with Crippen LogP contribution in [0.25, 0.3) is 27.9 Å². The molecule has 0 bridgehead atoms. The van der Waals surface area contributed by atoms with Crippen molar-refractivity contribution in [2.24, 2.45) is 0 Å². The van der Waals surface area contributed by atoms with Gasteiger partial charge in [-0.3, -0.25) is 0 Å². The predicted molar refractivity (Wildman–Crippen MR) is 146 cm³/mol. The van der Waals surface area contributed by atoms with E-state index in [-0.39, 0.29) is 11.6 Å². The van der Waals surface area contributed by atoms with E-state index < -0.39 is 23.6 Å². The van der Waals surface area contributed by atoms with Gasteiger partial charge in [-0.05, 0) is 42.8 Å². The molecule has 10 heteroatoms. The maximum Gasteiger partial charge on any atom is 0.165 e. The summed E-state index contributed by atoms with van der Waals surface area (Å²) in [6.07, 6.45) is 2.13. The van der Waals surface area contributed by atoms with Gasteiger partial charge in [-0.2, -0.15) is 5.10 Å². The highest BCUT2D eigenvalue weighted by Gasteiger charge is 2.35. The van der Waals surface area contributed by atoms with E-state index >= 15 is 0 Å². The monoisotopic (exact) mass is 539 g/mol. The zero-order valence-electron chi connectivity index (χ0n) is 21.5. The molecule has 2 atom stereocenters. The number of methoxy groups -OCH3 is 1. The Kier molecular flexibility index (Phi) is 6.22. The standard InChI is InChI=1S/C30H23F2N5O3/c1-16(27-24(17-7-5-8-18(31)13-17)21(14-38)19-9-3-4-12-23(19)40-27)37-30-25(29(33)34-15-35-30)26(36-37)20-10-6-11-22(32)28(20)39-2/h3-16,21H,1-2H3,(H2,33,34,35). The van der Waals surface area contributed by atoms with Crippen molar-refractivity contribution in [1.29, 1.82) is 0 Å². The zero-order chi connectivity index (χ0) is 28.0. The number of ether oxygens (including phenoxy) is 2. The van der Waals surface area contributed by atoms with Crippen LogP contribution in [0, 0.1) is 11.6 Å². The number of hydrogen-bond donors (Lipinski definition) is 1. The molecule has 3 aromatic carbocycles. The Hall–Kier alpha value is -5.12. The van der Waals surface area contributed by atoms with Crippen molar-refractivity contribution >= 4 is 28.7 Å². The van der Waals surface area contributed by atoms with Gasteiger partial charge in [0.25, 0.3) is 0 Å². The maximum absolute atomic E-state index is 14.7. The minimum absolute atomic E-state index is 0.00603. The second-order valence-electron chi connectivity index (χ2n) is 9.29. The summed E-state index contributed by atoms with van der Waals surface area (Å²) < 4.78 is 42.4. The average Bonchev–Trinajstić information content (AvgIpc) is 3.36. The van der Waals surface area contributed by atoms with Gasteiger partial charge >= 0.3 is 0 Å². The van der Waals surface area contributed by atoms with Gasteiger partial charge in [0, 0.05) is 16.7 Å². The van der Waals surface area contributed by atoms with Crippen LogP contribution < -0.4 is 15.2 Å². The van der Waals surface area contributed by atoms with E-state index in [0.717, 1.165) is 6.29 Å². The number of hydrogen-bond acceptors (Lipinski definition) is 7. The van der Waals surface area contributed by atoms with E-state index in [0.29, 0.717) is 50.5 Å². The lowest BCUT2D eigenvalue weighted by Gasteiger charge is -2.31. The van der Waals surface area contributed by atoms with Crippen LogP contribution in [0.3, 0.4) is 0 Å². The third kappa shape index (κ3) is 3.96. The number of aromatic nitrogens is 4. The van der Waals surface area contributed by atoms with Crippen LogP contribution >= 0.6 is 0 Å². The molecule has 2 aromatic heterocycles. The molecule has 200 valence electrons. The van der Waals surface area contributed by atoms with Crippen LogP contribution in [-0.4, -0.2) is 33.1 Å². The first-order valence-electron chi connectivity index (χ1n) is 12.5. The largest absolute Gasteiger partial charge is 0.493 e. The summed E-state index contributed by atoms with van der Waals surface area (Å²) in [6.45, 7) is 1.82. The molecule has 5 aromatic rings. The maximum atomic E-state index is 14.7. The summed E-state index contributed by atoms with van der Waals surface area (Å²) in [5.74, 6) is -0.735. The van der Waals surface area contributed by atoms with Crippen LogP contribution in [0.15, 0.2) is 78.8 Å². The van der Waals surface area contributed by atoms with Crippen molar-refractivity contribution in [3.05, 3.63) is 102 Å². The summed E-state index contributed by atoms with van der Waals surface area (Å²) in [6, 6.07) is 17.0.